The average Bonchev–Trinajstić information content (AvgIpc) is 3.32. The smallest absolute Gasteiger partial charge is 0.221 e. The molecular formula is C23H27ClN2O4. The van der Waals surface area contributed by atoms with Crippen molar-refractivity contribution in [3.8, 4) is 11.5 Å². The molecule has 0 unspecified atom stereocenters. The first-order valence-corrected chi connectivity index (χ1v) is 10.7. The molecule has 2 N–H and O–H groups in total. The van der Waals surface area contributed by atoms with Crippen LogP contribution in [-0.2, 0) is 4.79 Å². The Kier molecular flexibility index (Phi) is 6.46. The van der Waals surface area contributed by atoms with Gasteiger partial charge in [0.2, 0.25) is 5.91 Å². The fraction of sp³-hybridized carbons (Fsp3) is 0.435. The van der Waals surface area contributed by atoms with Crippen molar-refractivity contribution in [2.75, 3.05) is 18.4 Å². The number of nitrogens with zero attached hydrogens (tertiary/aromatic N) is 1. The highest BCUT2D eigenvalue weighted by Crippen LogP contribution is 2.34. The highest BCUT2D eigenvalue weighted by molar-refractivity contribution is 6.30. The number of ether oxygens (including phenoxy) is 2. The van der Waals surface area contributed by atoms with E-state index in [-0.39, 0.29) is 24.2 Å². The third-order valence-electron chi connectivity index (χ3n) is 5.76. The molecule has 2 aromatic rings. The van der Waals surface area contributed by atoms with Crippen LogP contribution in [0.2, 0.25) is 5.02 Å². The molecule has 0 radical (unpaired) electrons. The molecule has 1 amide bonds. The van der Waals surface area contributed by atoms with Gasteiger partial charge < -0.3 is 19.9 Å². The van der Waals surface area contributed by atoms with Crippen LogP contribution in [0.25, 0.3) is 0 Å². The summed E-state index contributed by atoms with van der Waals surface area (Å²) in [5, 5.41) is 14.4. The maximum Gasteiger partial charge on any atom is 0.221 e. The van der Waals surface area contributed by atoms with Gasteiger partial charge in [-0.15, -0.1) is 0 Å². The number of likely N-dealkylation sites (tertiary alicyclic amines) is 1. The molecule has 0 spiro atoms. The number of para-hydroxylation sites is 2. The van der Waals surface area contributed by atoms with E-state index in [1.165, 1.54) is 6.92 Å². The Bertz CT molecular complexity index is 876. The Hall–Kier alpha value is -2.28. The Morgan fingerprint density at radius 2 is 1.87 bits per heavy atom. The molecule has 2 fully saturated rings. The number of carbonyl (C=O) groups excluding carboxylic acids is 1. The molecule has 2 aromatic carbocycles. The van der Waals surface area contributed by atoms with Gasteiger partial charge in [0.05, 0.1) is 5.69 Å². The lowest BCUT2D eigenvalue weighted by Crippen LogP contribution is -2.44. The number of benzene rings is 2. The third-order valence-corrected chi connectivity index (χ3v) is 6.01. The molecular weight excluding hydrogens is 404 g/mol. The summed E-state index contributed by atoms with van der Waals surface area (Å²) >= 11 is 5.94. The maximum atomic E-state index is 11.4. The number of nitrogens with one attached hydrogen (secondary N) is 1. The first kappa shape index (κ1) is 21.0. The monoisotopic (exact) mass is 430 g/mol. The summed E-state index contributed by atoms with van der Waals surface area (Å²) in [6, 6.07) is 14.8. The van der Waals surface area contributed by atoms with Gasteiger partial charge in [-0.25, -0.2) is 0 Å². The predicted molar refractivity (Wildman–Crippen MR) is 116 cm³/mol. The van der Waals surface area contributed by atoms with Crippen LogP contribution in [0.1, 0.15) is 26.2 Å². The number of carbonyl (C=O) groups is 1. The van der Waals surface area contributed by atoms with Crippen LogP contribution in [0.5, 0.6) is 11.5 Å². The molecule has 1 heterocycles. The van der Waals surface area contributed by atoms with E-state index >= 15 is 0 Å². The molecule has 1 aliphatic heterocycles. The molecule has 1 saturated heterocycles. The Morgan fingerprint density at radius 1 is 1.10 bits per heavy atom. The lowest BCUT2D eigenvalue weighted by molar-refractivity contribution is -0.114. The maximum absolute atomic E-state index is 11.4. The SMILES string of the molecule is CC(=O)Nc1ccccc1O[C@H]1CC[C@H](N2CC[C@H](Oc3ccc(Cl)cc3)C2)[C@H]1O. The second kappa shape index (κ2) is 9.25. The van der Waals surface area contributed by atoms with E-state index in [2.05, 4.69) is 10.2 Å². The van der Waals surface area contributed by atoms with Crippen molar-refractivity contribution in [3.05, 3.63) is 53.6 Å². The summed E-state index contributed by atoms with van der Waals surface area (Å²) in [5.41, 5.74) is 0.623. The molecule has 0 bridgehead atoms. The fourth-order valence-corrected chi connectivity index (χ4v) is 4.46. The van der Waals surface area contributed by atoms with Crippen LogP contribution < -0.4 is 14.8 Å². The van der Waals surface area contributed by atoms with Crippen LogP contribution in [0.4, 0.5) is 5.69 Å². The van der Waals surface area contributed by atoms with Crippen molar-refractivity contribution in [1.29, 1.82) is 0 Å². The zero-order valence-corrected chi connectivity index (χ0v) is 17.7. The van der Waals surface area contributed by atoms with E-state index in [1.807, 2.05) is 42.5 Å². The van der Waals surface area contributed by atoms with Gasteiger partial charge in [0.1, 0.15) is 29.8 Å². The average molecular weight is 431 g/mol. The quantitative estimate of drug-likeness (QED) is 0.730. The normalized spacial score (nSPS) is 26.5. The Labute approximate surface area is 181 Å². The molecule has 6 nitrogen and oxygen atoms in total. The standard InChI is InChI=1S/C23H27ClN2O4/c1-15(27)25-19-4-2-3-5-21(19)30-22-11-10-20(23(22)28)26-13-12-18(14-26)29-17-8-6-16(24)7-9-17/h2-9,18,20,22-23,28H,10-14H2,1H3,(H,25,27)/t18-,20-,22-,23+/m0/s1. The molecule has 30 heavy (non-hydrogen) atoms. The summed E-state index contributed by atoms with van der Waals surface area (Å²) in [6.45, 7) is 3.13. The van der Waals surface area contributed by atoms with Crippen molar-refractivity contribution in [2.24, 2.45) is 0 Å². The number of halogens is 1. The van der Waals surface area contributed by atoms with Gasteiger partial charge in [-0.2, -0.15) is 0 Å². The number of aliphatic hydroxyl groups excluding tert-OH is 1. The highest BCUT2D eigenvalue weighted by Gasteiger charge is 2.42. The number of hydrogen-bond acceptors (Lipinski definition) is 5. The minimum absolute atomic E-state index is 0.0433. The molecule has 4 atom stereocenters. The van der Waals surface area contributed by atoms with Crippen molar-refractivity contribution < 1.29 is 19.4 Å². The molecule has 4 rings (SSSR count). The minimum atomic E-state index is -0.593. The van der Waals surface area contributed by atoms with Crippen LogP contribution in [0.3, 0.4) is 0 Å². The summed E-state index contributed by atoms with van der Waals surface area (Å²) in [6.07, 6.45) is 1.74. The molecule has 2 aliphatic rings. The minimum Gasteiger partial charge on any atom is -0.489 e. The number of amides is 1. The second-order valence-electron chi connectivity index (χ2n) is 7.95. The van der Waals surface area contributed by atoms with Gasteiger partial charge in [0.25, 0.3) is 0 Å². The lowest BCUT2D eigenvalue weighted by atomic mass is 10.1. The van der Waals surface area contributed by atoms with E-state index in [0.29, 0.717) is 16.5 Å². The van der Waals surface area contributed by atoms with Gasteiger partial charge in [-0.3, -0.25) is 9.69 Å². The summed E-state index contributed by atoms with van der Waals surface area (Å²) in [7, 11) is 0. The van der Waals surface area contributed by atoms with E-state index in [4.69, 9.17) is 21.1 Å². The number of anilines is 1. The number of aliphatic hydroxyl groups is 1. The lowest BCUT2D eigenvalue weighted by Gasteiger charge is -2.28. The van der Waals surface area contributed by atoms with Gasteiger partial charge in [0, 0.05) is 31.1 Å². The first-order valence-electron chi connectivity index (χ1n) is 10.4. The molecule has 1 aliphatic carbocycles. The molecule has 7 heteroatoms. The second-order valence-corrected chi connectivity index (χ2v) is 8.38. The van der Waals surface area contributed by atoms with Gasteiger partial charge in [-0.05, 0) is 55.7 Å². The fourth-order valence-electron chi connectivity index (χ4n) is 4.33. The summed E-state index contributed by atoms with van der Waals surface area (Å²) in [4.78, 5) is 13.7. The van der Waals surface area contributed by atoms with E-state index < -0.39 is 6.10 Å². The Balaban J connectivity index is 1.34. The van der Waals surface area contributed by atoms with E-state index in [1.54, 1.807) is 6.07 Å². The molecule has 0 aromatic heterocycles. The van der Waals surface area contributed by atoms with Gasteiger partial charge in [-0.1, -0.05) is 23.7 Å². The van der Waals surface area contributed by atoms with Gasteiger partial charge in [0.15, 0.2) is 0 Å². The zero-order chi connectivity index (χ0) is 21.1. The third kappa shape index (κ3) is 4.89. The first-order chi connectivity index (χ1) is 14.5. The summed E-state index contributed by atoms with van der Waals surface area (Å²) in [5.74, 6) is 1.25. The van der Waals surface area contributed by atoms with E-state index in [9.17, 15) is 9.90 Å². The molecule has 1 saturated carbocycles. The van der Waals surface area contributed by atoms with Crippen LogP contribution in [-0.4, -0.2) is 53.4 Å². The van der Waals surface area contributed by atoms with Crippen LogP contribution >= 0.6 is 11.6 Å². The zero-order valence-electron chi connectivity index (χ0n) is 17.0. The van der Waals surface area contributed by atoms with E-state index in [0.717, 1.165) is 38.1 Å². The van der Waals surface area contributed by atoms with Crippen molar-refractivity contribution in [3.63, 3.8) is 0 Å². The Morgan fingerprint density at radius 3 is 2.63 bits per heavy atom. The van der Waals surface area contributed by atoms with Crippen molar-refractivity contribution in [2.45, 2.75) is 50.5 Å². The molecule has 160 valence electrons. The number of rotatable bonds is 6. The summed E-state index contributed by atoms with van der Waals surface area (Å²) < 4.78 is 12.2. The topological polar surface area (TPSA) is 71.0 Å². The van der Waals surface area contributed by atoms with Crippen LogP contribution in [0.15, 0.2) is 48.5 Å². The highest BCUT2D eigenvalue weighted by atomic mass is 35.5. The largest absolute Gasteiger partial charge is 0.489 e. The van der Waals surface area contributed by atoms with Crippen LogP contribution in [0, 0.1) is 0 Å². The van der Waals surface area contributed by atoms with Crippen molar-refractivity contribution in [1.82, 2.24) is 4.90 Å². The number of hydrogen-bond donors (Lipinski definition) is 2. The van der Waals surface area contributed by atoms with Gasteiger partial charge >= 0.3 is 0 Å². The van der Waals surface area contributed by atoms with Crippen molar-refractivity contribution >= 4 is 23.2 Å². The predicted octanol–water partition coefficient (Wildman–Crippen LogP) is 3.72.